The largest absolute Gasteiger partial charge is 0.375 e. The number of piperazine rings is 1. The van der Waals surface area contributed by atoms with E-state index in [9.17, 15) is 14.4 Å². The molecular formula is C27H42N6O4. The summed E-state index contributed by atoms with van der Waals surface area (Å²) < 4.78 is 5.87. The molecule has 4 rings (SSSR count). The molecule has 2 unspecified atom stereocenters. The van der Waals surface area contributed by atoms with Crippen molar-refractivity contribution in [3.63, 3.8) is 0 Å². The fraction of sp³-hybridized carbons (Fsp3) is 0.704. The van der Waals surface area contributed by atoms with Crippen molar-refractivity contribution in [3.8, 4) is 0 Å². The highest BCUT2D eigenvalue weighted by atomic mass is 16.5. The van der Waals surface area contributed by atoms with Gasteiger partial charge in [0.25, 0.3) is 5.91 Å². The Morgan fingerprint density at radius 1 is 0.973 bits per heavy atom. The zero-order chi connectivity index (χ0) is 26.7. The monoisotopic (exact) mass is 514 g/mol. The van der Waals surface area contributed by atoms with Crippen LogP contribution in [-0.4, -0.2) is 110 Å². The van der Waals surface area contributed by atoms with Crippen LogP contribution in [0.2, 0.25) is 0 Å². The van der Waals surface area contributed by atoms with Crippen molar-refractivity contribution in [2.45, 2.75) is 59.1 Å². The summed E-state index contributed by atoms with van der Waals surface area (Å²) in [7, 11) is 0. The first-order chi connectivity index (χ1) is 17.9. The van der Waals surface area contributed by atoms with E-state index in [1.807, 2.05) is 6.92 Å². The smallest absolute Gasteiger partial charge is 0.259 e. The van der Waals surface area contributed by atoms with Crippen LogP contribution in [0, 0.1) is 0 Å². The van der Waals surface area contributed by atoms with Gasteiger partial charge in [0.15, 0.2) is 11.6 Å². The zero-order valence-corrected chi connectivity index (χ0v) is 23.0. The highest BCUT2D eigenvalue weighted by molar-refractivity contribution is 6.23. The first kappa shape index (κ1) is 27.2. The number of ketones is 1. The number of carbonyl (C=O) groups is 3. The number of hydrogen-bond acceptors (Lipinski definition) is 8. The Balaban J connectivity index is 1.58. The minimum absolute atomic E-state index is 0.218. The lowest BCUT2D eigenvalue weighted by Gasteiger charge is -2.42. The molecular weight excluding hydrogens is 472 g/mol. The molecule has 37 heavy (non-hydrogen) atoms. The number of pyridine rings is 1. The van der Waals surface area contributed by atoms with Gasteiger partial charge in [-0.25, -0.2) is 4.98 Å². The Morgan fingerprint density at radius 3 is 2.22 bits per heavy atom. The van der Waals surface area contributed by atoms with Gasteiger partial charge in [0, 0.05) is 65.5 Å². The third-order valence-corrected chi connectivity index (χ3v) is 8.14. The standard InChI is InChI=1S/C27H42N6O4/c1-6-29(7-2)20-11-12-23(30(8-3)9-4)28-25(20)31-15-17-32(18-16-31)26(36)27-21(34)19-24(35)33(27)14-13-22(27)37-10-5/h11-12,22H,6-10,13-19H2,1-5H3. The molecule has 0 saturated carbocycles. The molecule has 2 amide bonds. The maximum Gasteiger partial charge on any atom is 0.259 e. The Morgan fingerprint density at radius 2 is 1.62 bits per heavy atom. The average Bonchev–Trinajstić information content (AvgIpc) is 3.42. The first-order valence-electron chi connectivity index (χ1n) is 13.9. The van der Waals surface area contributed by atoms with Gasteiger partial charge >= 0.3 is 0 Å². The van der Waals surface area contributed by atoms with E-state index in [-0.39, 0.29) is 24.0 Å². The third kappa shape index (κ3) is 4.53. The van der Waals surface area contributed by atoms with E-state index in [1.165, 1.54) is 4.90 Å². The van der Waals surface area contributed by atoms with E-state index >= 15 is 0 Å². The fourth-order valence-corrected chi connectivity index (χ4v) is 6.16. The number of carbonyl (C=O) groups excluding carboxylic acids is 3. The molecule has 0 bridgehead atoms. The van der Waals surface area contributed by atoms with Crippen molar-refractivity contribution >= 4 is 34.9 Å². The average molecular weight is 515 g/mol. The number of Topliss-reactive ketones (excluding diaryl/α,β-unsaturated/α-hetero) is 1. The van der Waals surface area contributed by atoms with Gasteiger partial charge in [-0.2, -0.15) is 0 Å². The number of amides is 2. The van der Waals surface area contributed by atoms with Crippen LogP contribution in [-0.2, 0) is 19.1 Å². The molecule has 0 radical (unpaired) electrons. The van der Waals surface area contributed by atoms with E-state index in [0.29, 0.717) is 45.8 Å². The van der Waals surface area contributed by atoms with Crippen LogP contribution in [0.1, 0.15) is 47.5 Å². The summed E-state index contributed by atoms with van der Waals surface area (Å²) in [4.78, 5) is 54.8. The molecule has 0 N–H and O–H groups in total. The molecule has 2 atom stereocenters. The van der Waals surface area contributed by atoms with Gasteiger partial charge in [-0.15, -0.1) is 0 Å². The van der Waals surface area contributed by atoms with E-state index in [2.05, 4.69) is 54.5 Å². The zero-order valence-electron chi connectivity index (χ0n) is 23.0. The summed E-state index contributed by atoms with van der Waals surface area (Å²) in [6.07, 6.45) is -0.291. The lowest BCUT2D eigenvalue weighted by Crippen LogP contribution is -2.65. The molecule has 3 aliphatic heterocycles. The van der Waals surface area contributed by atoms with Gasteiger partial charge in [-0.1, -0.05) is 0 Å². The second kappa shape index (κ2) is 11.2. The highest BCUT2D eigenvalue weighted by Gasteiger charge is 2.67. The lowest BCUT2D eigenvalue weighted by atomic mass is 9.87. The fourth-order valence-electron chi connectivity index (χ4n) is 6.16. The van der Waals surface area contributed by atoms with Crippen LogP contribution < -0.4 is 14.7 Å². The lowest BCUT2D eigenvalue weighted by molar-refractivity contribution is -0.157. The van der Waals surface area contributed by atoms with Crippen molar-refractivity contribution in [2.24, 2.45) is 0 Å². The number of rotatable bonds is 10. The third-order valence-electron chi connectivity index (χ3n) is 8.14. The summed E-state index contributed by atoms with van der Waals surface area (Å²) in [5.41, 5.74) is -0.406. The van der Waals surface area contributed by atoms with E-state index in [4.69, 9.17) is 9.72 Å². The molecule has 0 spiro atoms. The van der Waals surface area contributed by atoms with Crippen molar-refractivity contribution in [3.05, 3.63) is 12.1 Å². The summed E-state index contributed by atoms with van der Waals surface area (Å²) in [6, 6.07) is 4.25. The van der Waals surface area contributed by atoms with Crippen LogP contribution in [0.5, 0.6) is 0 Å². The molecule has 1 aromatic heterocycles. The van der Waals surface area contributed by atoms with Gasteiger partial charge in [-0.3, -0.25) is 14.4 Å². The minimum Gasteiger partial charge on any atom is -0.375 e. The van der Waals surface area contributed by atoms with Gasteiger partial charge in [0.2, 0.25) is 11.4 Å². The second-order valence-electron chi connectivity index (χ2n) is 9.78. The topological polar surface area (TPSA) is 89.5 Å². The molecule has 0 aromatic carbocycles. The van der Waals surface area contributed by atoms with Gasteiger partial charge in [0.1, 0.15) is 5.82 Å². The molecule has 10 heteroatoms. The number of anilines is 3. The van der Waals surface area contributed by atoms with Crippen LogP contribution in [0.25, 0.3) is 0 Å². The summed E-state index contributed by atoms with van der Waals surface area (Å²) in [6.45, 7) is 16.8. The number of fused-ring (bicyclic) bond motifs is 1. The Labute approximate surface area is 220 Å². The molecule has 1 aromatic rings. The molecule has 10 nitrogen and oxygen atoms in total. The van der Waals surface area contributed by atoms with E-state index < -0.39 is 11.6 Å². The molecule has 3 fully saturated rings. The molecule has 0 aliphatic carbocycles. The van der Waals surface area contributed by atoms with Crippen molar-refractivity contribution < 1.29 is 19.1 Å². The van der Waals surface area contributed by atoms with Crippen LogP contribution in [0.3, 0.4) is 0 Å². The maximum atomic E-state index is 14.0. The Kier molecular flexibility index (Phi) is 8.26. The SMILES string of the molecule is CCOC1CCN2C(=O)CC(=O)C12C(=O)N1CCN(c2nc(N(CC)CC)ccc2N(CC)CC)CC1. The van der Waals surface area contributed by atoms with Crippen molar-refractivity contribution in [1.29, 1.82) is 0 Å². The van der Waals surface area contributed by atoms with E-state index in [0.717, 1.165) is 43.5 Å². The summed E-state index contributed by atoms with van der Waals surface area (Å²) >= 11 is 0. The number of aromatic nitrogens is 1. The minimum atomic E-state index is -1.50. The maximum absolute atomic E-state index is 14.0. The molecule has 3 saturated heterocycles. The van der Waals surface area contributed by atoms with Crippen molar-refractivity contribution in [1.82, 2.24) is 14.8 Å². The van der Waals surface area contributed by atoms with E-state index in [1.54, 1.807) is 4.90 Å². The van der Waals surface area contributed by atoms with Crippen LogP contribution in [0.15, 0.2) is 12.1 Å². The van der Waals surface area contributed by atoms with Crippen molar-refractivity contribution in [2.75, 3.05) is 80.2 Å². The second-order valence-corrected chi connectivity index (χ2v) is 9.78. The summed E-state index contributed by atoms with van der Waals surface area (Å²) in [5, 5.41) is 0. The predicted octanol–water partition coefficient (Wildman–Crippen LogP) is 1.77. The Hall–Kier alpha value is -2.88. The molecule has 3 aliphatic rings. The highest BCUT2D eigenvalue weighted by Crippen LogP contribution is 2.41. The predicted molar refractivity (Wildman–Crippen MR) is 144 cm³/mol. The normalized spacial score (nSPS) is 23.6. The van der Waals surface area contributed by atoms with Gasteiger partial charge in [-0.05, 0) is 53.2 Å². The molecule has 204 valence electrons. The van der Waals surface area contributed by atoms with Crippen LogP contribution >= 0.6 is 0 Å². The number of hydrogen-bond donors (Lipinski definition) is 0. The van der Waals surface area contributed by atoms with Gasteiger partial charge < -0.3 is 29.2 Å². The number of ether oxygens (including phenoxy) is 1. The first-order valence-corrected chi connectivity index (χ1v) is 13.9. The summed E-state index contributed by atoms with van der Waals surface area (Å²) in [5.74, 6) is 1.01. The quantitative estimate of drug-likeness (QED) is 0.437. The molecule has 4 heterocycles. The number of nitrogens with zero attached hydrogens (tertiary/aromatic N) is 6. The Bertz CT molecular complexity index is 1000. The van der Waals surface area contributed by atoms with Crippen LogP contribution in [0.4, 0.5) is 17.3 Å². The van der Waals surface area contributed by atoms with Gasteiger partial charge in [0.05, 0.1) is 18.2 Å².